The number of hydrogen-bond acceptors (Lipinski definition) is 6. The Morgan fingerprint density at radius 1 is 0.974 bits per heavy atom. The Kier molecular flexibility index (Phi) is 10.2. The molecule has 0 bridgehead atoms. The zero-order valence-electron chi connectivity index (χ0n) is 22.3. The maximum absolute atomic E-state index is 14.0. The molecule has 11 heteroatoms. The van der Waals surface area contributed by atoms with Crippen molar-refractivity contribution in [2.75, 3.05) is 32.1 Å². The average Bonchev–Trinajstić information content (AvgIpc) is 2.96. The molecule has 39 heavy (non-hydrogen) atoms. The second-order valence-corrected chi connectivity index (χ2v) is 10.8. The van der Waals surface area contributed by atoms with E-state index >= 15 is 0 Å². The van der Waals surface area contributed by atoms with Gasteiger partial charge in [0.15, 0.2) is 0 Å². The van der Waals surface area contributed by atoms with Crippen LogP contribution in [0.3, 0.4) is 0 Å². The Hall–Kier alpha value is -3.76. The first kappa shape index (κ1) is 29.8. The molecular weight excluding hydrogens is 542 g/mol. The van der Waals surface area contributed by atoms with Gasteiger partial charge in [0, 0.05) is 18.6 Å². The summed E-state index contributed by atoms with van der Waals surface area (Å²) in [7, 11) is 0.198. The predicted octanol–water partition coefficient (Wildman–Crippen LogP) is 4.11. The third-order valence-electron chi connectivity index (χ3n) is 6.16. The van der Waals surface area contributed by atoms with Crippen LogP contribution in [0.15, 0.2) is 77.7 Å². The number of halogens is 1. The minimum atomic E-state index is -4.24. The third-order valence-corrected chi connectivity index (χ3v) is 8.17. The summed E-state index contributed by atoms with van der Waals surface area (Å²) in [5, 5.41) is 2.86. The van der Waals surface area contributed by atoms with Gasteiger partial charge in [0.05, 0.1) is 24.8 Å². The van der Waals surface area contributed by atoms with Crippen LogP contribution in [0.25, 0.3) is 0 Å². The minimum absolute atomic E-state index is 0.0140. The number of ether oxygens (including phenoxy) is 2. The highest BCUT2D eigenvalue weighted by atomic mass is 35.5. The van der Waals surface area contributed by atoms with Crippen LogP contribution in [-0.4, -0.2) is 59.0 Å². The van der Waals surface area contributed by atoms with Crippen LogP contribution in [0.1, 0.15) is 18.9 Å². The molecule has 208 valence electrons. The predicted molar refractivity (Wildman–Crippen MR) is 151 cm³/mol. The molecule has 0 saturated carbocycles. The van der Waals surface area contributed by atoms with E-state index in [1.807, 2.05) is 0 Å². The number of methoxy groups -OCH3 is 2. The fourth-order valence-electron chi connectivity index (χ4n) is 4.10. The van der Waals surface area contributed by atoms with Gasteiger partial charge in [-0.3, -0.25) is 13.9 Å². The van der Waals surface area contributed by atoms with E-state index in [1.54, 1.807) is 62.6 Å². The van der Waals surface area contributed by atoms with Crippen LogP contribution >= 0.6 is 11.6 Å². The molecule has 0 unspecified atom stereocenters. The number of nitrogens with one attached hydrogen (secondary N) is 1. The summed E-state index contributed by atoms with van der Waals surface area (Å²) in [5.74, 6) is -0.0881. The molecule has 0 spiro atoms. The number of likely N-dealkylation sites (N-methyl/N-ethyl adjacent to an activating group) is 1. The Labute approximate surface area is 234 Å². The molecule has 0 aliphatic rings. The molecule has 2 amide bonds. The van der Waals surface area contributed by atoms with E-state index in [4.69, 9.17) is 21.1 Å². The maximum atomic E-state index is 14.0. The molecule has 0 aliphatic heterocycles. The van der Waals surface area contributed by atoms with Crippen molar-refractivity contribution >= 4 is 39.1 Å². The van der Waals surface area contributed by atoms with Crippen molar-refractivity contribution in [1.29, 1.82) is 0 Å². The van der Waals surface area contributed by atoms with Crippen molar-refractivity contribution in [3.05, 3.63) is 83.4 Å². The molecular formula is C28H32ClN3O6S. The second-order valence-electron chi connectivity index (χ2n) is 8.55. The van der Waals surface area contributed by atoms with E-state index in [2.05, 4.69) is 5.32 Å². The van der Waals surface area contributed by atoms with Gasteiger partial charge in [-0.25, -0.2) is 8.42 Å². The van der Waals surface area contributed by atoms with Gasteiger partial charge >= 0.3 is 0 Å². The van der Waals surface area contributed by atoms with Gasteiger partial charge in [-0.05, 0) is 54.4 Å². The standard InChI is InChI=1S/C28H32ClN3O6S/c1-5-24(28(34)30-2)31(18-20-11-14-22(37-3)15-12-20)27(33)19-32(25-17-21(29)13-16-26(25)38-4)39(35,36)23-9-7-6-8-10-23/h6-17,24H,5,18-19H2,1-4H3,(H,30,34)/t24-/m0/s1. The van der Waals surface area contributed by atoms with Gasteiger partial charge in [-0.2, -0.15) is 0 Å². The summed E-state index contributed by atoms with van der Waals surface area (Å²) in [6.45, 7) is 1.25. The van der Waals surface area contributed by atoms with Crippen LogP contribution < -0.4 is 19.1 Å². The summed E-state index contributed by atoms with van der Waals surface area (Å²) in [4.78, 5) is 28.1. The molecule has 1 N–H and O–H groups in total. The number of anilines is 1. The summed E-state index contributed by atoms with van der Waals surface area (Å²) in [6, 6.07) is 18.5. The number of rotatable bonds is 12. The highest BCUT2D eigenvalue weighted by molar-refractivity contribution is 7.92. The quantitative estimate of drug-likeness (QED) is 0.350. The van der Waals surface area contributed by atoms with Gasteiger partial charge in [-0.1, -0.05) is 48.9 Å². The Morgan fingerprint density at radius 2 is 1.64 bits per heavy atom. The van der Waals surface area contributed by atoms with Gasteiger partial charge in [-0.15, -0.1) is 0 Å². The molecule has 0 aromatic heterocycles. The van der Waals surface area contributed by atoms with Crippen molar-refractivity contribution in [3.63, 3.8) is 0 Å². The lowest BCUT2D eigenvalue weighted by molar-refractivity contribution is -0.140. The van der Waals surface area contributed by atoms with Crippen molar-refractivity contribution in [2.45, 2.75) is 30.8 Å². The topological polar surface area (TPSA) is 105 Å². The van der Waals surface area contributed by atoms with Crippen molar-refractivity contribution in [2.24, 2.45) is 0 Å². The molecule has 0 heterocycles. The largest absolute Gasteiger partial charge is 0.497 e. The average molecular weight is 574 g/mol. The first-order chi connectivity index (χ1) is 18.7. The smallest absolute Gasteiger partial charge is 0.264 e. The van der Waals surface area contributed by atoms with Crippen molar-refractivity contribution in [1.82, 2.24) is 10.2 Å². The van der Waals surface area contributed by atoms with E-state index in [0.29, 0.717) is 12.2 Å². The number of benzene rings is 3. The van der Waals surface area contributed by atoms with Crippen LogP contribution in [-0.2, 0) is 26.2 Å². The molecule has 9 nitrogen and oxygen atoms in total. The maximum Gasteiger partial charge on any atom is 0.264 e. The van der Waals surface area contributed by atoms with Gasteiger partial charge in [0.25, 0.3) is 10.0 Å². The lowest BCUT2D eigenvalue weighted by atomic mass is 10.1. The molecule has 0 radical (unpaired) electrons. The van der Waals surface area contributed by atoms with Crippen LogP contribution in [0.4, 0.5) is 5.69 Å². The number of nitrogens with zero attached hydrogens (tertiary/aromatic N) is 2. The van der Waals surface area contributed by atoms with Crippen LogP contribution in [0.2, 0.25) is 5.02 Å². The van der Waals surface area contributed by atoms with Crippen LogP contribution in [0, 0.1) is 0 Å². The molecule has 0 fully saturated rings. The normalized spacial score (nSPS) is 11.8. The summed E-state index contributed by atoms with van der Waals surface area (Å²) < 4.78 is 39.4. The lowest BCUT2D eigenvalue weighted by Gasteiger charge is -2.33. The minimum Gasteiger partial charge on any atom is -0.497 e. The third kappa shape index (κ3) is 7.01. The number of amides is 2. The van der Waals surface area contributed by atoms with E-state index in [0.717, 1.165) is 9.87 Å². The monoisotopic (exact) mass is 573 g/mol. The van der Waals surface area contributed by atoms with Gasteiger partial charge in [0.1, 0.15) is 24.1 Å². The number of sulfonamides is 1. The molecule has 0 aliphatic carbocycles. The second kappa shape index (κ2) is 13.3. The highest BCUT2D eigenvalue weighted by Gasteiger charge is 2.34. The molecule has 1 atom stereocenters. The van der Waals surface area contributed by atoms with Crippen LogP contribution in [0.5, 0.6) is 11.5 Å². The molecule has 0 saturated heterocycles. The fraction of sp³-hybridized carbons (Fsp3) is 0.286. The molecule has 3 aromatic carbocycles. The first-order valence-corrected chi connectivity index (χ1v) is 14.0. The SMILES string of the molecule is CC[C@@H](C(=O)NC)N(Cc1ccc(OC)cc1)C(=O)CN(c1cc(Cl)ccc1OC)S(=O)(=O)c1ccccc1. The Balaban J connectivity index is 2.10. The zero-order valence-corrected chi connectivity index (χ0v) is 23.8. The van der Waals surface area contributed by atoms with E-state index in [9.17, 15) is 18.0 Å². The Morgan fingerprint density at radius 3 is 2.21 bits per heavy atom. The summed E-state index contributed by atoms with van der Waals surface area (Å²) in [6.07, 6.45) is 0.313. The zero-order chi connectivity index (χ0) is 28.6. The Bertz CT molecular complexity index is 1380. The van der Waals surface area contributed by atoms with E-state index in [1.165, 1.54) is 43.3 Å². The van der Waals surface area contributed by atoms with E-state index < -0.39 is 28.5 Å². The number of carbonyl (C=O) groups excluding carboxylic acids is 2. The molecule has 3 aromatic rings. The van der Waals surface area contributed by atoms with Gasteiger partial charge in [0.2, 0.25) is 11.8 Å². The number of carbonyl (C=O) groups is 2. The molecule has 3 rings (SSSR count). The van der Waals surface area contributed by atoms with E-state index in [-0.39, 0.29) is 33.8 Å². The van der Waals surface area contributed by atoms with Gasteiger partial charge < -0.3 is 19.7 Å². The number of hydrogen-bond donors (Lipinski definition) is 1. The summed E-state index contributed by atoms with van der Waals surface area (Å²) >= 11 is 6.24. The first-order valence-electron chi connectivity index (χ1n) is 12.2. The van der Waals surface area contributed by atoms with Crippen molar-refractivity contribution < 1.29 is 27.5 Å². The fourth-order valence-corrected chi connectivity index (χ4v) is 5.71. The van der Waals surface area contributed by atoms with Crippen molar-refractivity contribution in [3.8, 4) is 11.5 Å². The lowest BCUT2D eigenvalue weighted by Crippen LogP contribution is -2.51. The summed E-state index contributed by atoms with van der Waals surface area (Å²) in [5.41, 5.74) is 0.837. The highest BCUT2D eigenvalue weighted by Crippen LogP contribution is 2.35.